The van der Waals surface area contributed by atoms with Crippen molar-refractivity contribution in [3.63, 3.8) is 0 Å². The average Bonchev–Trinajstić information content (AvgIpc) is 2.84. The molecule has 2 aromatic heterocycles. The molecule has 2 heterocycles. The third-order valence-corrected chi connectivity index (χ3v) is 4.15. The first-order valence-corrected chi connectivity index (χ1v) is 6.58. The molecule has 0 aromatic carbocycles. The van der Waals surface area contributed by atoms with E-state index in [4.69, 9.17) is 0 Å². The fourth-order valence-corrected chi connectivity index (χ4v) is 3.34. The number of aryl methyl sites for hydroxylation is 1. The van der Waals surface area contributed by atoms with Crippen molar-refractivity contribution in [1.29, 1.82) is 0 Å². The highest BCUT2D eigenvalue weighted by Gasteiger charge is 2.10. The Balaban J connectivity index is 2.28. The van der Waals surface area contributed by atoms with E-state index in [1.54, 1.807) is 22.7 Å². The second-order valence-corrected chi connectivity index (χ2v) is 5.14. The van der Waals surface area contributed by atoms with Crippen LogP contribution < -0.4 is 5.32 Å². The van der Waals surface area contributed by atoms with Crippen molar-refractivity contribution in [2.75, 3.05) is 7.05 Å². The fraction of sp³-hybridized carbons (Fsp3) is 0.400. The molecule has 2 rings (SSSR count). The van der Waals surface area contributed by atoms with Crippen molar-refractivity contribution in [2.24, 2.45) is 0 Å². The zero-order valence-electron chi connectivity index (χ0n) is 8.78. The van der Waals surface area contributed by atoms with Gasteiger partial charge in [0.1, 0.15) is 5.01 Å². The van der Waals surface area contributed by atoms with Crippen molar-refractivity contribution in [3.05, 3.63) is 22.0 Å². The molecule has 0 aliphatic carbocycles. The highest BCUT2D eigenvalue weighted by Crippen LogP contribution is 2.31. The lowest BCUT2D eigenvalue weighted by Crippen LogP contribution is -2.04. The Kier molecular flexibility index (Phi) is 3.45. The molecule has 0 radical (unpaired) electrons. The van der Waals surface area contributed by atoms with E-state index in [1.807, 2.05) is 7.05 Å². The van der Waals surface area contributed by atoms with Gasteiger partial charge >= 0.3 is 0 Å². The normalized spacial score (nSPS) is 10.8. The first kappa shape index (κ1) is 10.7. The quantitative estimate of drug-likeness (QED) is 0.891. The number of nitrogens with one attached hydrogen (secondary N) is 1. The smallest absolute Gasteiger partial charge is 0.158 e. The summed E-state index contributed by atoms with van der Waals surface area (Å²) < 4.78 is 0. The third kappa shape index (κ3) is 2.25. The molecule has 80 valence electrons. The van der Waals surface area contributed by atoms with Crippen LogP contribution in [-0.4, -0.2) is 17.2 Å². The summed E-state index contributed by atoms with van der Waals surface area (Å²) in [7, 11) is 1.92. The molecule has 0 unspecified atom stereocenters. The van der Waals surface area contributed by atoms with Crippen LogP contribution in [0.15, 0.2) is 11.4 Å². The van der Waals surface area contributed by atoms with E-state index in [9.17, 15) is 0 Å². The van der Waals surface area contributed by atoms with Gasteiger partial charge in [-0.3, -0.25) is 0 Å². The van der Waals surface area contributed by atoms with Gasteiger partial charge in [0, 0.05) is 6.54 Å². The Morgan fingerprint density at radius 3 is 3.00 bits per heavy atom. The van der Waals surface area contributed by atoms with E-state index in [-0.39, 0.29) is 0 Å². The predicted octanol–water partition coefficient (Wildman–Crippen LogP) is 2.55. The molecule has 15 heavy (non-hydrogen) atoms. The van der Waals surface area contributed by atoms with Gasteiger partial charge in [-0.05, 0) is 30.5 Å². The number of hydrogen-bond donors (Lipinski definition) is 1. The van der Waals surface area contributed by atoms with Crippen LogP contribution in [0.25, 0.3) is 9.88 Å². The minimum atomic E-state index is 0.796. The monoisotopic (exact) mass is 239 g/mol. The first-order chi connectivity index (χ1) is 7.35. The maximum absolute atomic E-state index is 4.22. The molecule has 0 spiro atoms. The van der Waals surface area contributed by atoms with Gasteiger partial charge in [0.15, 0.2) is 5.01 Å². The second-order valence-electron chi connectivity index (χ2n) is 3.16. The topological polar surface area (TPSA) is 37.8 Å². The lowest BCUT2D eigenvalue weighted by atomic mass is 10.2. The predicted molar refractivity (Wildman–Crippen MR) is 65.4 cm³/mol. The van der Waals surface area contributed by atoms with E-state index >= 15 is 0 Å². The number of nitrogens with zero attached hydrogens (tertiary/aromatic N) is 2. The van der Waals surface area contributed by atoms with Gasteiger partial charge in [-0.15, -0.1) is 21.5 Å². The Bertz CT molecular complexity index is 433. The molecule has 5 heteroatoms. The van der Waals surface area contributed by atoms with Gasteiger partial charge in [-0.2, -0.15) is 0 Å². The van der Waals surface area contributed by atoms with Gasteiger partial charge in [0.05, 0.1) is 4.88 Å². The molecular weight excluding hydrogens is 226 g/mol. The number of rotatable bonds is 4. The van der Waals surface area contributed by atoms with Crippen LogP contribution in [-0.2, 0) is 13.0 Å². The Hall–Kier alpha value is -0.780. The van der Waals surface area contributed by atoms with Crippen molar-refractivity contribution < 1.29 is 0 Å². The van der Waals surface area contributed by atoms with Crippen LogP contribution in [0.3, 0.4) is 0 Å². The molecular formula is C10H13N3S2. The minimum Gasteiger partial charge on any atom is -0.313 e. The highest BCUT2D eigenvalue weighted by molar-refractivity contribution is 7.20. The van der Waals surface area contributed by atoms with Gasteiger partial charge < -0.3 is 5.32 Å². The van der Waals surface area contributed by atoms with Crippen LogP contribution in [0.2, 0.25) is 0 Å². The molecule has 0 saturated heterocycles. The van der Waals surface area contributed by atoms with Gasteiger partial charge in [-0.25, -0.2) is 0 Å². The first-order valence-electron chi connectivity index (χ1n) is 4.89. The summed E-state index contributed by atoms with van der Waals surface area (Å²) in [5.41, 5.74) is 1.37. The molecule has 3 nitrogen and oxygen atoms in total. The molecule has 0 saturated carbocycles. The van der Waals surface area contributed by atoms with E-state index < -0.39 is 0 Å². The minimum absolute atomic E-state index is 0.796. The molecule has 0 aliphatic heterocycles. The maximum Gasteiger partial charge on any atom is 0.158 e. The van der Waals surface area contributed by atoms with E-state index in [0.717, 1.165) is 23.0 Å². The zero-order chi connectivity index (χ0) is 10.7. The fourth-order valence-electron chi connectivity index (χ4n) is 1.37. The van der Waals surface area contributed by atoms with Crippen molar-refractivity contribution in [3.8, 4) is 9.88 Å². The van der Waals surface area contributed by atoms with Crippen LogP contribution in [0.1, 0.15) is 17.5 Å². The summed E-state index contributed by atoms with van der Waals surface area (Å²) >= 11 is 3.42. The number of aromatic nitrogens is 2. The summed E-state index contributed by atoms with van der Waals surface area (Å²) in [6.45, 7) is 2.96. The largest absolute Gasteiger partial charge is 0.313 e. The van der Waals surface area contributed by atoms with E-state index in [2.05, 4.69) is 33.9 Å². The van der Waals surface area contributed by atoms with Crippen LogP contribution in [0.5, 0.6) is 0 Å². The van der Waals surface area contributed by atoms with Crippen LogP contribution in [0, 0.1) is 0 Å². The Labute approximate surface area is 97.2 Å². The van der Waals surface area contributed by atoms with Crippen molar-refractivity contribution in [2.45, 2.75) is 19.9 Å². The second kappa shape index (κ2) is 4.83. The van der Waals surface area contributed by atoms with Crippen molar-refractivity contribution in [1.82, 2.24) is 15.5 Å². The van der Waals surface area contributed by atoms with E-state index in [0.29, 0.717) is 0 Å². The maximum atomic E-state index is 4.22. The van der Waals surface area contributed by atoms with Gasteiger partial charge in [-0.1, -0.05) is 18.3 Å². The zero-order valence-corrected chi connectivity index (χ0v) is 10.4. The van der Waals surface area contributed by atoms with Gasteiger partial charge in [0.25, 0.3) is 0 Å². The summed E-state index contributed by atoms with van der Waals surface area (Å²) in [5, 5.41) is 15.7. The lowest BCUT2D eigenvalue weighted by Gasteiger charge is -1.94. The van der Waals surface area contributed by atoms with Crippen molar-refractivity contribution >= 4 is 22.7 Å². The van der Waals surface area contributed by atoms with E-state index in [1.165, 1.54) is 10.4 Å². The molecule has 1 N–H and O–H groups in total. The molecule has 2 aromatic rings. The molecule has 0 fully saturated rings. The van der Waals surface area contributed by atoms with Crippen LogP contribution in [0.4, 0.5) is 0 Å². The average molecular weight is 239 g/mol. The molecule has 0 amide bonds. The highest BCUT2D eigenvalue weighted by atomic mass is 32.1. The standard InChI is InChI=1S/C10H13N3S2/c1-3-7-4-5-14-9(7)10-13-12-8(15-10)6-11-2/h4-5,11H,3,6H2,1-2H3. The lowest BCUT2D eigenvalue weighted by molar-refractivity contribution is 0.795. The number of thiophene rings is 1. The third-order valence-electron chi connectivity index (χ3n) is 2.12. The van der Waals surface area contributed by atoms with Gasteiger partial charge in [0.2, 0.25) is 0 Å². The number of hydrogen-bond acceptors (Lipinski definition) is 5. The molecule has 0 atom stereocenters. The molecule has 0 bridgehead atoms. The molecule has 0 aliphatic rings. The summed E-state index contributed by atoms with van der Waals surface area (Å²) in [5.74, 6) is 0. The van der Waals surface area contributed by atoms with Crippen LogP contribution >= 0.6 is 22.7 Å². The SMILES string of the molecule is CCc1ccsc1-c1nnc(CNC)s1. The summed E-state index contributed by atoms with van der Waals surface area (Å²) in [6, 6.07) is 2.17. The Morgan fingerprint density at radius 2 is 2.27 bits per heavy atom. The Morgan fingerprint density at radius 1 is 1.40 bits per heavy atom. The summed E-state index contributed by atoms with van der Waals surface area (Å²) in [6.07, 6.45) is 1.06. The summed E-state index contributed by atoms with van der Waals surface area (Å²) in [4.78, 5) is 1.28.